The van der Waals surface area contributed by atoms with E-state index in [0.29, 0.717) is 0 Å². The predicted molar refractivity (Wildman–Crippen MR) is 63.1 cm³/mol. The maximum absolute atomic E-state index is 11.4. The molecular formula is C10H20N4O3. The first kappa shape index (κ1) is 15.2. The van der Waals surface area contributed by atoms with Gasteiger partial charge in [0.1, 0.15) is 6.04 Å². The van der Waals surface area contributed by atoms with Gasteiger partial charge in [0.25, 0.3) is 0 Å². The zero-order valence-electron chi connectivity index (χ0n) is 10.6. The van der Waals surface area contributed by atoms with Crippen molar-refractivity contribution in [2.75, 3.05) is 6.54 Å². The zero-order chi connectivity index (χ0) is 13.6. The maximum Gasteiger partial charge on any atom is 0.312 e. The summed E-state index contributed by atoms with van der Waals surface area (Å²) < 4.78 is 0. The van der Waals surface area contributed by atoms with Gasteiger partial charge in [0, 0.05) is 5.54 Å². The van der Waals surface area contributed by atoms with Crippen molar-refractivity contribution in [3.05, 3.63) is 0 Å². The van der Waals surface area contributed by atoms with Crippen LogP contribution in [0.15, 0.2) is 0 Å². The summed E-state index contributed by atoms with van der Waals surface area (Å²) in [6.07, 6.45) is 0. The Morgan fingerprint density at radius 2 is 1.76 bits per heavy atom. The Morgan fingerprint density at radius 1 is 1.24 bits per heavy atom. The zero-order valence-corrected chi connectivity index (χ0v) is 10.6. The number of primary amides is 1. The summed E-state index contributed by atoms with van der Waals surface area (Å²) in [5.74, 6) is -0.759. The summed E-state index contributed by atoms with van der Waals surface area (Å²) in [6.45, 7) is 6.85. The van der Waals surface area contributed by atoms with Crippen LogP contribution in [0.25, 0.3) is 0 Å². The molecule has 7 nitrogen and oxygen atoms in total. The van der Waals surface area contributed by atoms with E-state index in [-0.39, 0.29) is 18.0 Å². The maximum atomic E-state index is 11.4. The topological polar surface area (TPSA) is 113 Å². The normalized spacial score (nSPS) is 12.5. The van der Waals surface area contributed by atoms with Crippen molar-refractivity contribution in [1.29, 1.82) is 0 Å². The van der Waals surface area contributed by atoms with E-state index in [4.69, 9.17) is 5.73 Å². The smallest absolute Gasteiger partial charge is 0.312 e. The molecule has 0 aliphatic carbocycles. The van der Waals surface area contributed by atoms with Gasteiger partial charge in [0.15, 0.2) is 0 Å². The van der Waals surface area contributed by atoms with Crippen LogP contribution in [-0.2, 0) is 9.59 Å². The Morgan fingerprint density at radius 3 is 2.18 bits per heavy atom. The average Bonchev–Trinajstić information content (AvgIpc) is 2.10. The van der Waals surface area contributed by atoms with Crippen molar-refractivity contribution < 1.29 is 14.4 Å². The minimum absolute atomic E-state index is 0.138. The molecule has 0 radical (unpaired) electrons. The third-order valence-electron chi connectivity index (χ3n) is 1.69. The Hall–Kier alpha value is -1.79. The molecule has 0 aliphatic heterocycles. The van der Waals surface area contributed by atoms with E-state index in [1.807, 2.05) is 20.8 Å². The van der Waals surface area contributed by atoms with Crippen molar-refractivity contribution in [1.82, 2.24) is 16.0 Å². The molecule has 1 atom stereocenters. The van der Waals surface area contributed by atoms with Crippen molar-refractivity contribution in [3.63, 3.8) is 0 Å². The first-order valence-electron chi connectivity index (χ1n) is 5.26. The molecule has 17 heavy (non-hydrogen) atoms. The van der Waals surface area contributed by atoms with Crippen LogP contribution in [0.5, 0.6) is 0 Å². The van der Waals surface area contributed by atoms with Gasteiger partial charge in [-0.3, -0.25) is 9.59 Å². The summed E-state index contributed by atoms with van der Waals surface area (Å²) in [5.41, 5.74) is 4.51. The molecular weight excluding hydrogens is 224 g/mol. The lowest BCUT2D eigenvalue weighted by Gasteiger charge is -2.21. The summed E-state index contributed by atoms with van der Waals surface area (Å²) >= 11 is 0. The summed E-state index contributed by atoms with van der Waals surface area (Å²) in [7, 11) is 0. The number of carbonyl (C=O) groups excluding carboxylic acids is 3. The monoisotopic (exact) mass is 244 g/mol. The van der Waals surface area contributed by atoms with Crippen molar-refractivity contribution in [2.24, 2.45) is 5.73 Å². The number of rotatable bonds is 4. The third-order valence-corrected chi connectivity index (χ3v) is 1.69. The molecule has 0 spiro atoms. The minimum atomic E-state index is -0.785. The van der Waals surface area contributed by atoms with E-state index in [2.05, 4.69) is 16.0 Å². The van der Waals surface area contributed by atoms with Gasteiger partial charge < -0.3 is 21.7 Å². The van der Waals surface area contributed by atoms with Crippen LogP contribution in [0.2, 0.25) is 0 Å². The number of nitrogens with one attached hydrogen (secondary N) is 3. The van der Waals surface area contributed by atoms with E-state index in [1.165, 1.54) is 6.92 Å². The van der Waals surface area contributed by atoms with Gasteiger partial charge in [-0.2, -0.15) is 0 Å². The van der Waals surface area contributed by atoms with Crippen molar-refractivity contribution in [3.8, 4) is 0 Å². The highest BCUT2D eigenvalue weighted by Crippen LogP contribution is 1.97. The van der Waals surface area contributed by atoms with Crippen LogP contribution in [0.4, 0.5) is 4.79 Å². The number of carbonyl (C=O) groups is 3. The summed E-state index contributed by atoms with van der Waals surface area (Å²) in [4.78, 5) is 33.2. The molecule has 0 aromatic rings. The predicted octanol–water partition coefficient (Wildman–Crippen LogP) is -0.926. The summed E-state index contributed by atoms with van der Waals surface area (Å²) in [5, 5.41) is 7.29. The van der Waals surface area contributed by atoms with E-state index >= 15 is 0 Å². The van der Waals surface area contributed by atoms with Crippen molar-refractivity contribution >= 4 is 17.8 Å². The van der Waals surface area contributed by atoms with Crippen LogP contribution >= 0.6 is 0 Å². The number of nitrogens with two attached hydrogens (primary N) is 1. The highest BCUT2D eigenvalue weighted by Gasteiger charge is 2.17. The second-order valence-electron chi connectivity index (χ2n) is 4.75. The first-order chi connectivity index (χ1) is 7.61. The van der Waals surface area contributed by atoms with Crippen LogP contribution < -0.4 is 21.7 Å². The second-order valence-corrected chi connectivity index (χ2v) is 4.75. The largest absolute Gasteiger partial charge is 0.352 e. The van der Waals surface area contributed by atoms with E-state index in [9.17, 15) is 14.4 Å². The van der Waals surface area contributed by atoms with Crippen LogP contribution in [0.3, 0.4) is 0 Å². The van der Waals surface area contributed by atoms with E-state index in [0.717, 1.165) is 0 Å². The van der Waals surface area contributed by atoms with Gasteiger partial charge in [0.2, 0.25) is 11.8 Å². The van der Waals surface area contributed by atoms with Gasteiger partial charge in [-0.05, 0) is 27.7 Å². The molecule has 0 bridgehead atoms. The molecule has 98 valence electrons. The molecule has 0 aromatic heterocycles. The molecule has 7 heteroatoms. The Balaban J connectivity index is 4.00. The Kier molecular flexibility index (Phi) is 5.43. The first-order valence-corrected chi connectivity index (χ1v) is 5.26. The molecule has 0 aliphatic rings. The molecule has 0 saturated heterocycles. The quantitative estimate of drug-likeness (QED) is 0.512. The molecule has 5 N–H and O–H groups in total. The third kappa shape index (κ3) is 8.06. The lowest BCUT2D eigenvalue weighted by molar-refractivity contribution is -0.127. The number of hydrogen-bond donors (Lipinski definition) is 4. The van der Waals surface area contributed by atoms with Gasteiger partial charge in [-0.1, -0.05) is 0 Å². The highest BCUT2D eigenvalue weighted by atomic mass is 16.2. The fraction of sp³-hybridized carbons (Fsp3) is 0.700. The van der Waals surface area contributed by atoms with Crippen LogP contribution in [0.1, 0.15) is 27.7 Å². The number of hydrogen-bond acceptors (Lipinski definition) is 3. The van der Waals surface area contributed by atoms with E-state index < -0.39 is 18.0 Å². The average molecular weight is 244 g/mol. The fourth-order valence-electron chi connectivity index (χ4n) is 1.06. The molecule has 0 fully saturated rings. The second kappa shape index (κ2) is 6.07. The lowest BCUT2D eigenvalue weighted by Crippen LogP contribution is -2.50. The Bertz CT molecular complexity index is 309. The molecule has 0 aromatic carbocycles. The van der Waals surface area contributed by atoms with Gasteiger partial charge in [-0.25, -0.2) is 4.79 Å². The number of amides is 4. The SMILES string of the molecule is C[C@@H](NC(N)=O)C(=O)NCC(=O)NC(C)(C)C. The molecule has 0 heterocycles. The molecule has 0 rings (SSSR count). The standard InChI is InChI=1S/C10H20N4O3/c1-6(13-9(11)17)8(16)12-5-7(15)14-10(2,3)4/h6H,5H2,1-4H3,(H,12,16)(H,14,15)(H3,11,13,17)/t6-/m1/s1. The minimum Gasteiger partial charge on any atom is -0.352 e. The summed E-state index contributed by atoms with van der Waals surface area (Å²) in [6, 6.07) is -1.55. The Labute approximate surface area is 100 Å². The number of urea groups is 1. The molecule has 0 unspecified atom stereocenters. The fourth-order valence-corrected chi connectivity index (χ4v) is 1.06. The van der Waals surface area contributed by atoms with Crippen LogP contribution in [0, 0.1) is 0 Å². The van der Waals surface area contributed by atoms with Crippen molar-refractivity contribution in [2.45, 2.75) is 39.3 Å². The van der Waals surface area contributed by atoms with E-state index in [1.54, 1.807) is 0 Å². The van der Waals surface area contributed by atoms with Crippen LogP contribution in [-0.4, -0.2) is 36.0 Å². The van der Waals surface area contributed by atoms with Gasteiger partial charge >= 0.3 is 6.03 Å². The molecule has 4 amide bonds. The lowest BCUT2D eigenvalue weighted by atomic mass is 10.1. The molecule has 0 saturated carbocycles. The van der Waals surface area contributed by atoms with Gasteiger partial charge in [-0.15, -0.1) is 0 Å². The highest BCUT2D eigenvalue weighted by molar-refractivity contribution is 5.89. The van der Waals surface area contributed by atoms with Gasteiger partial charge in [0.05, 0.1) is 6.54 Å².